The molecular formula is C20H28N2O. The fourth-order valence-corrected chi connectivity index (χ4v) is 2.07. The molecule has 124 valence electrons. The normalized spacial score (nSPS) is 16.1. The maximum absolute atomic E-state index is 9.10. The van der Waals surface area contributed by atoms with Gasteiger partial charge in [-0.1, -0.05) is 44.7 Å². The predicted molar refractivity (Wildman–Crippen MR) is 96.8 cm³/mol. The summed E-state index contributed by atoms with van der Waals surface area (Å²) in [6, 6.07) is 8.26. The fourth-order valence-electron chi connectivity index (χ4n) is 2.07. The van der Waals surface area contributed by atoms with E-state index < -0.39 is 0 Å². The summed E-state index contributed by atoms with van der Waals surface area (Å²) in [6.07, 6.45) is 8.33. The molecule has 3 rings (SSSR count). The number of hydrogen-bond donors (Lipinski definition) is 1. The molecule has 1 aromatic rings. The molecule has 0 unspecified atom stereocenters. The van der Waals surface area contributed by atoms with Gasteiger partial charge in [0.2, 0.25) is 0 Å². The van der Waals surface area contributed by atoms with Gasteiger partial charge in [-0.25, -0.2) is 0 Å². The van der Waals surface area contributed by atoms with Crippen LogP contribution in [0.15, 0.2) is 43.0 Å². The Labute approximate surface area is 140 Å². The van der Waals surface area contributed by atoms with Gasteiger partial charge >= 0.3 is 0 Å². The van der Waals surface area contributed by atoms with Crippen LogP contribution in [0.4, 0.5) is 0 Å². The summed E-state index contributed by atoms with van der Waals surface area (Å²) in [6.45, 7) is 11.2. The number of hydrogen-bond acceptors (Lipinski definition) is 3. The van der Waals surface area contributed by atoms with Gasteiger partial charge in [0.1, 0.15) is 17.9 Å². The molecule has 1 aromatic carbocycles. The van der Waals surface area contributed by atoms with Gasteiger partial charge in [-0.15, -0.1) is 0 Å². The molecule has 3 heteroatoms. The average molecular weight is 312 g/mol. The third kappa shape index (κ3) is 6.30. The molecule has 1 aliphatic carbocycles. The van der Waals surface area contributed by atoms with Crippen LogP contribution >= 0.6 is 0 Å². The van der Waals surface area contributed by atoms with Gasteiger partial charge in [0, 0.05) is 13.1 Å². The van der Waals surface area contributed by atoms with Crippen LogP contribution in [0.2, 0.25) is 0 Å². The van der Waals surface area contributed by atoms with Gasteiger partial charge in [-0.05, 0) is 43.4 Å². The van der Waals surface area contributed by atoms with Crippen molar-refractivity contribution in [3.8, 4) is 11.8 Å². The number of nitrogens with one attached hydrogen (secondary N) is 1. The second kappa shape index (κ2) is 10.6. The zero-order valence-electron chi connectivity index (χ0n) is 14.5. The number of ether oxygens (including phenoxy) is 1. The first-order valence-electron chi connectivity index (χ1n) is 8.43. The quantitative estimate of drug-likeness (QED) is 0.829. The maximum atomic E-state index is 9.10. The van der Waals surface area contributed by atoms with Crippen LogP contribution in [0.5, 0.6) is 5.75 Å². The van der Waals surface area contributed by atoms with E-state index in [1.165, 1.54) is 18.4 Å². The zero-order chi connectivity index (χ0) is 17.1. The Kier molecular flexibility index (Phi) is 8.79. The minimum Gasteiger partial charge on any atom is -0.486 e. The van der Waals surface area contributed by atoms with Crippen molar-refractivity contribution < 1.29 is 4.74 Å². The topological polar surface area (TPSA) is 45.0 Å². The van der Waals surface area contributed by atoms with Crippen LogP contribution in [-0.2, 0) is 0 Å². The SMILES string of the molecule is C=C/C=C\C.CC.N#Cc1cc(C2CC2)ccc1OC1CNC1. The van der Waals surface area contributed by atoms with Crippen LogP contribution in [0, 0.1) is 11.3 Å². The molecule has 1 N–H and O–H groups in total. The Morgan fingerprint density at radius 2 is 2.00 bits per heavy atom. The molecule has 1 aliphatic heterocycles. The van der Waals surface area contributed by atoms with Crippen molar-refractivity contribution in [2.75, 3.05) is 13.1 Å². The average Bonchev–Trinajstić information content (AvgIpc) is 3.39. The highest BCUT2D eigenvalue weighted by molar-refractivity contribution is 5.47. The molecule has 1 heterocycles. The van der Waals surface area contributed by atoms with E-state index in [0.717, 1.165) is 18.8 Å². The summed E-state index contributed by atoms with van der Waals surface area (Å²) in [4.78, 5) is 0. The summed E-state index contributed by atoms with van der Waals surface area (Å²) in [7, 11) is 0. The van der Waals surface area contributed by atoms with Gasteiger partial charge < -0.3 is 10.1 Å². The molecule has 0 bridgehead atoms. The highest BCUT2D eigenvalue weighted by Gasteiger charge is 2.25. The number of nitriles is 1. The van der Waals surface area contributed by atoms with E-state index in [1.807, 2.05) is 45.1 Å². The lowest BCUT2D eigenvalue weighted by Gasteiger charge is -2.28. The van der Waals surface area contributed by atoms with Gasteiger partial charge in [-0.3, -0.25) is 0 Å². The van der Waals surface area contributed by atoms with E-state index >= 15 is 0 Å². The molecule has 2 aliphatic rings. The minimum atomic E-state index is 0.235. The molecule has 0 atom stereocenters. The monoisotopic (exact) mass is 312 g/mol. The fraction of sp³-hybridized carbons (Fsp3) is 0.450. The zero-order valence-corrected chi connectivity index (χ0v) is 14.5. The van der Waals surface area contributed by atoms with Crippen LogP contribution in [0.3, 0.4) is 0 Å². The molecule has 2 fully saturated rings. The van der Waals surface area contributed by atoms with Crippen LogP contribution in [-0.4, -0.2) is 19.2 Å². The molecule has 23 heavy (non-hydrogen) atoms. The van der Waals surface area contributed by atoms with Gasteiger partial charge in [0.05, 0.1) is 5.56 Å². The second-order valence-electron chi connectivity index (χ2n) is 5.30. The molecule has 0 amide bonds. The highest BCUT2D eigenvalue weighted by Crippen LogP contribution is 2.41. The van der Waals surface area contributed by atoms with Crippen molar-refractivity contribution in [1.82, 2.24) is 5.32 Å². The largest absolute Gasteiger partial charge is 0.486 e. The molecule has 1 saturated heterocycles. The minimum absolute atomic E-state index is 0.235. The molecule has 0 spiro atoms. The van der Waals surface area contributed by atoms with Crippen molar-refractivity contribution in [1.29, 1.82) is 5.26 Å². The summed E-state index contributed by atoms with van der Waals surface area (Å²) >= 11 is 0. The third-order valence-corrected chi connectivity index (χ3v) is 3.54. The first kappa shape index (κ1) is 19.0. The Hall–Kier alpha value is -2.05. The van der Waals surface area contributed by atoms with Crippen molar-refractivity contribution >= 4 is 0 Å². The first-order chi connectivity index (χ1) is 11.3. The van der Waals surface area contributed by atoms with E-state index in [4.69, 9.17) is 10.00 Å². The van der Waals surface area contributed by atoms with Crippen LogP contribution < -0.4 is 10.1 Å². The van der Waals surface area contributed by atoms with E-state index in [-0.39, 0.29) is 6.10 Å². The van der Waals surface area contributed by atoms with Crippen molar-refractivity contribution in [3.05, 3.63) is 54.1 Å². The number of nitrogens with zero attached hydrogens (tertiary/aromatic N) is 1. The Bertz CT molecular complexity index is 549. The Morgan fingerprint density at radius 1 is 1.30 bits per heavy atom. The number of rotatable bonds is 4. The molecule has 0 radical (unpaired) electrons. The lowest BCUT2D eigenvalue weighted by atomic mass is 10.1. The number of allylic oxidation sites excluding steroid dienone is 3. The van der Waals surface area contributed by atoms with Gasteiger partial charge in [0.25, 0.3) is 0 Å². The molecular weight excluding hydrogens is 284 g/mol. The lowest BCUT2D eigenvalue weighted by Crippen LogP contribution is -2.50. The van der Waals surface area contributed by atoms with Crippen molar-refractivity contribution in [2.24, 2.45) is 0 Å². The van der Waals surface area contributed by atoms with E-state index in [1.54, 1.807) is 6.08 Å². The Morgan fingerprint density at radius 3 is 2.39 bits per heavy atom. The summed E-state index contributed by atoms with van der Waals surface area (Å²) < 4.78 is 5.74. The van der Waals surface area contributed by atoms with Gasteiger partial charge in [-0.2, -0.15) is 5.26 Å². The van der Waals surface area contributed by atoms with E-state index in [0.29, 0.717) is 11.5 Å². The second-order valence-corrected chi connectivity index (χ2v) is 5.30. The molecule has 3 nitrogen and oxygen atoms in total. The smallest absolute Gasteiger partial charge is 0.137 e. The third-order valence-electron chi connectivity index (χ3n) is 3.54. The van der Waals surface area contributed by atoms with Gasteiger partial charge in [0.15, 0.2) is 0 Å². The highest BCUT2D eigenvalue weighted by atomic mass is 16.5. The standard InChI is InChI=1S/C13H14N2O.C5H8.C2H6/c14-6-11-5-10(9-1-2-9)3-4-13(11)16-12-7-15-8-12;1-3-5-4-2;1-2/h3-5,9,12,15H,1-2,7-8H2;3-5H,1H2,2H3;1-2H3/b;5-4-;. The molecule has 1 saturated carbocycles. The van der Waals surface area contributed by atoms with Crippen molar-refractivity contribution in [3.63, 3.8) is 0 Å². The van der Waals surface area contributed by atoms with E-state index in [9.17, 15) is 0 Å². The first-order valence-corrected chi connectivity index (χ1v) is 8.43. The van der Waals surface area contributed by atoms with Crippen LogP contribution in [0.25, 0.3) is 0 Å². The summed E-state index contributed by atoms with van der Waals surface area (Å²) in [5, 5.41) is 12.3. The summed E-state index contributed by atoms with van der Waals surface area (Å²) in [5.41, 5.74) is 1.96. The predicted octanol–water partition coefficient (Wildman–Crippen LogP) is 4.56. The van der Waals surface area contributed by atoms with Crippen LogP contribution in [0.1, 0.15) is 50.7 Å². The Balaban J connectivity index is 0.000000327. The van der Waals surface area contributed by atoms with Crippen molar-refractivity contribution in [2.45, 2.75) is 45.6 Å². The maximum Gasteiger partial charge on any atom is 0.137 e. The summed E-state index contributed by atoms with van der Waals surface area (Å²) in [5.74, 6) is 1.42. The lowest BCUT2D eigenvalue weighted by molar-refractivity contribution is 0.142. The van der Waals surface area contributed by atoms with E-state index in [2.05, 4.69) is 24.0 Å². The number of benzene rings is 1. The molecule has 0 aromatic heterocycles.